The van der Waals surface area contributed by atoms with E-state index in [9.17, 15) is 13.2 Å². The van der Waals surface area contributed by atoms with Crippen LogP contribution in [0.5, 0.6) is 0 Å². The average molecular weight is 222 g/mol. The topological polar surface area (TPSA) is 86.7 Å². The Kier molecular flexibility index (Phi) is 3.33. The predicted molar refractivity (Wildman–Crippen MR) is 51.1 cm³/mol. The summed E-state index contributed by atoms with van der Waals surface area (Å²) in [5.74, 6) is -0.0171. The molecule has 14 heavy (non-hydrogen) atoms. The molecule has 1 amide bonds. The summed E-state index contributed by atoms with van der Waals surface area (Å²) < 4.78 is 21.9. The molecule has 0 bridgehead atoms. The zero-order chi connectivity index (χ0) is 10.8. The van der Waals surface area contributed by atoms with Gasteiger partial charge in [-0.3, -0.25) is 0 Å². The van der Waals surface area contributed by atoms with Gasteiger partial charge in [-0.2, -0.15) is 0 Å². The molecule has 0 aromatic carbocycles. The van der Waals surface area contributed by atoms with Crippen molar-refractivity contribution in [1.82, 2.24) is 10.2 Å². The third-order valence-electron chi connectivity index (χ3n) is 2.03. The molecule has 0 spiro atoms. The van der Waals surface area contributed by atoms with Gasteiger partial charge in [0, 0.05) is 31.9 Å². The van der Waals surface area contributed by atoms with Gasteiger partial charge in [0.2, 0.25) is 0 Å². The maximum Gasteiger partial charge on any atom is 0.407 e. The summed E-state index contributed by atoms with van der Waals surface area (Å²) in [4.78, 5) is 11.8. The van der Waals surface area contributed by atoms with Crippen molar-refractivity contribution in [3.8, 4) is 0 Å². The van der Waals surface area contributed by atoms with Gasteiger partial charge in [-0.05, 0) is 0 Å². The van der Waals surface area contributed by atoms with Crippen molar-refractivity contribution < 1.29 is 18.3 Å². The van der Waals surface area contributed by atoms with Gasteiger partial charge in [-0.25, -0.2) is 13.2 Å². The second kappa shape index (κ2) is 4.14. The molecule has 2 N–H and O–H groups in total. The van der Waals surface area contributed by atoms with Gasteiger partial charge < -0.3 is 15.3 Å². The Morgan fingerprint density at radius 1 is 1.64 bits per heavy atom. The van der Waals surface area contributed by atoms with Crippen LogP contribution in [0.3, 0.4) is 0 Å². The molecule has 82 valence electrons. The molecule has 0 aromatic heterocycles. The fourth-order valence-electron chi connectivity index (χ4n) is 1.48. The van der Waals surface area contributed by atoms with E-state index in [0.29, 0.717) is 13.1 Å². The molecule has 1 fully saturated rings. The van der Waals surface area contributed by atoms with Crippen molar-refractivity contribution in [3.63, 3.8) is 0 Å². The SMILES string of the molecule is CS(=O)(=O)CC1CN(C(=O)O)CCN1. The maximum atomic E-state index is 11.0. The minimum Gasteiger partial charge on any atom is -0.465 e. The smallest absolute Gasteiger partial charge is 0.407 e. The molecule has 7 heteroatoms. The van der Waals surface area contributed by atoms with Gasteiger partial charge >= 0.3 is 6.09 Å². The van der Waals surface area contributed by atoms with E-state index in [1.54, 1.807) is 0 Å². The number of amides is 1. The van der Waals surface area contributed by atoms with Crippen LogP contribution in [-0.2, 0) is 9.84 Å². The Morgan fingerprint density at radius 2 is 2.29 bits per heavy atom. The van der Waals surface area contributed by atoms with Crippen molar-refractivity contribution in [3.05, 3.63) is 0 Å². The lowest BCUT2D eigenvalue weighted by Crippen LogP contribution is -2.54. The lowest BCUT2D eigenvalue weighted by molar-refractivity contribution is 0.131. The highest BCUT2D eigenvalue weighted by molar-refractivity contribution is 7.90. The normalized spacial score (nSPS) is 23.5. The number of sulfone groups is 1. The summed E-state index contributed by atoms with van der Waals surface area (Å²) >= 11 is 0. The highest BCUT2D eigenvalue weighted by Gasteiger charge is 2.24. The molecule has 1 saturated heterocycles. The van der Waals surface area contributed by atoms with Crippen molar-refractivity contribution in [2.24, 2.45) is 0 Å². The van der Waals surface area contributed by atoms with E-state index in [4.69, 9.17) is 5.11 Å². The fourth-order valence-corrected chi connectivity index (χ4v) is 2.43. The van der Waals surface area contributed by atoms with Crippen LogP contribution >= 0.6 is 0 Å². The monoisotopic (exact) mass is 222 g/mol. The first-order chi connectivity index (χ1) is 6.38. The minimum atomic E-state index is -3.05. The largest absolute Gasteiger partial charge is 0.465 e. The van der Waals surface area contributed by atoms with E-state index in [-0.39, 0.29) is 18.3 Å². The molecule has 0 radical (unpaired) electrons. The van der Waals surface area contributed by atoms with E-state index < -0.39 is 15.9 Å². The number of nitrogens with zero attached hydrogens (tertiary/aromatic N) is 1. The second-order valence-electron chi connectivity index (χ2n) is 3.47. The summed E-state index contributed by atoms with van der Waals surface area (Å²) in [5.41, 5.74) is 0. The second-order valence-corrected chi connectivity index (χ2v) is 5.66. The Morgan fingerprint density at radius 3 is 2.79 bits per heavy atom. The van der Waals surface area contributed by atoms with Gasteiger partial charge in [0.05, 0.1) is 5.75 Å². The van der Waals surface area contributed by atoms with Crippen LogP contribution in [0.1, 0.15) is 0 Å². The molecule has 0 aromatic rings. The highest BCUT2D eigenvalue weighted by Crippen LogP contribution is 2.01. The Hall–Kier alpha value is -0.820. The highest BCUT2D eigenvalue weighted by atomic mass is 32.2. The molecule has 1 unspecified atom stereocenters. The molecule has 1 atom stereocenters. The average Bonchev–Trinajstić information content (AvgIpc) is 2.01. The van der Waals surface area contributed by atoms with E-state index in [1.165, 1.54) is 4.90 Å². The number of hydrogen-bond donors (Lipinski definition) is 2. The van der Waals surface area contributed by atoms with Crippen molar-refractivity contribution in [2.45, 2.75) is 6.04 Å². The standard InChI is InChI=1S/C7H14N2O4S/c1-14(12,13)5-6-4-9(7(10)11)3-2-8-6/h6,8H,2-5H2,1H3,(H,10,11). The number of piperazine rings is 1. The van der Waals surface area contributed by atoms with E-state index >= 15 is 0 Å². The lowest BCUT2D eigenvalue weighted by atomic mass is 10.2. The quantitative estimate of drug-likeness (QED) is 0.624. The Balaban J connectivity index is 2.52. The molecule has 1 heterocycles. The first kappa shape index (κ1) is 11.3. The number of carbonyl (C=O) groups is 1. The van der Waals surface area contributed by atoms with Crippen LogP contribution in [-0.4, -0.2) is 62.2 Å². The van der Waals surface area contributed by atoms with Crippen LogP contribution in [0, 0.1) is 0 Å². The van der Waals surface area contributed by atoms with Crippen LogP contribution < -0.4 is 5.32 Å². The van der Waals surface area contributed by atoms with Crippen LogP contribution in [0.4, 0.5) is 4.79 Å². The van der Waals surface area contributed by atoms with Gasteiger partial charge in [0.1, 0.15) is 9.84 Å². The first-order valence-corrected chi connectivity index (χ1v) is 6.33. The molecule has 1 aliphatic rings. The Labute approximate surface area is 82.8 Å². The van der Waals surface area contributed by atoms with Gasteiger partial charge in [0.25, 0.3) is 0 Å². The molecule has 0 saturated carbocycles. The van der Waals surface area contributed by atoms with Crippen molar-refractivity contribution >= 4 is 15.9 Å². The number of rotatable bonds is 2. The summed E-state index contributed by atoms with van der Waals surface area (Å²) in [6.07, 6.45) is 0.152. The lowest BCUT2D eigenvalue weighted by Gasteiger charge is -2.31. The van der Waals surface area contributed by atoms with Crippen molar-refractivity contribution in [1.29, 1.82) is 0 Å². The van der Waals surface area contributed by atoms with E-state index in [2.05, 4.69) is 5.32 Å². The molecular formula is C7H14N2O4S. The maximum absolute atomic E-state index is 11.0. The zero-order valence-corrected chi connectivity index (χ0v) is 8.75. The Bertz CT molecular complexity index is 314. The van der Waals surface area contributed by atoms with Crippen LogP contribution in [0.25, 0.3) is 0 Å². The summed E-state index contributed by atoms with van der Waals surface area (Å²) in [7, 11) is -3.05. The van der Waals surface area contributed by atoms with Gasteiger partial charge in [0.15, 0.2) is 0 Å². The fraction of sp³-hybridized carbons (Fsp3) is 0.857. The first-order valence-electron chi connectivity index (χ1n) is 4.27. The third kappa shape index (κ3) is 3.51. The van der Waals surface area contributed by atoms with E-state index in [0.717, 1.165) is 6.26 Å². The number of nitrogens with one attached hydrogen (secondary N) is 1. The third-order valence-corrected chi connectivity index (χ3v) is 3.04. The van der Waals surface area contributed by atoms with Crippen LogP contribution in [0.15, 0.2) is 0 Å². The summed E-state index contributed by atoms with van der Waals surface area (Å²) in [5, 5.41) is 11.7. The van der Waals surface area contributed by atoms with Crippen LogP contribution in [0.2, 0.25) is 0 Å². The molecular weight excluding hydrogens is 208 g/mol. The van der Waals surface area contributed by atoms with Gasteiger partial charge in [-0.15, -0.1) is 0 Å². The number of carboxylic acid groups (broad SMARTS) is 1. The predicted octanol–water partition coefficient (Wildman–Crippen LogP) is -1.02. The van der Waals surface area contributed by atoms with E-state index in [1.807, 2.05) is 0 Å². The van der Waals surface area contributed by atoms with Gasteiger partial charge in [-0.1, -0.05) is 0 Å². The molecule has 0 aliphatic carbocycles. The zero-order valence-electron chi connectivity index (χ0n) is 7.93. The molecule has 6 nitrogen and oxygen atoms in total. The minimum absolute atomic E-state index is 0.0171. The molecule has 1 rings (SSSR count). The number of hydrogen-bond acceptors (Lipinski definition) is 4. The summed E-state index contributed by atoms with van der Waals surface area (Å²) in [6.45, 7) is 1.16. The summed E-state index contributed by atoms with van der Waals surface area (Å²) in [6, 6.07) is -0.283. The molecule has 1 aliphatic heterocycles. The van der Waals surface area contributed by atoms with Crippen molar-refractivity contribution in [2.75, 3.05) is 31.6 Å².